The van der Waals surface area contributed by atoms with Crippen LogP contribution in [0.1, 0.15) is 32.1 Å². The van der Waals surface area contributed by atoms with Crippen LogP contribution in [0.3, 0.4) is 0 Å². The van der Waals surface area contributed by atoms with E-state index in [1.165, 1.54) is 19.3 Å². The molecule has 0 unspecified atom stereocenters. The summed E-state index contributed by atoms with van der Waals surface area (Å²) in [5, 5.41) is 0. The van der Waals surface area contributed by atoms with Crippen LogP contribution in [0.25, 0.3) is 0 Å². The highest BCUT2D eigenvalue weighted by atomic mass is 19.1. The lowest BCUT2D eigenvalue weighted by molar-refractivity contribution is -0.160. The number of halogens is 1. The van der Waals surface area contributed by atoms with Crippen molar-refractivity contribution < 1.29 is 4.39 Å². The molecule has 3 saturated carbocycles. The first-order valence-electron chi connectivity index (χ1n) is 4.28. The minimum Gasteiger partial charge on any atom is -0.271 e. The number of nitrogens with two attached hydrogens (primary N) is 1. The number of hydrogen-bond donors (Lipinski definition) is 2. The van der Waals surface area contributed by atoms with E-state index in [1.807, 2.05) is 0 Å². The summed E-state index contributed by atoms with van der Waals surface area (Å²) in [5.41, 5.74) is 3.62. The number of nitrogens with one attached hydrogen (secondary N) is 1. The normalized spacial score (nSPS) is 46.4. The van der Waals surface area contributed by atoms with Gasteiger partial charge in [0.2, 0.25) is 0 Å². The monoisotopic (exact) mass is 158 g/mol. The minimum absolute atomic E-state index is 0.162. The molecule has 0 atom stereocenters. The maximum Gasteiger partial charge on any atom is 0.0894 e. The van der Waals surface area contributed by atoms with Gasteiger partial charge in [-0.25, -0.2) is 0 Å². The summed E-state index contributed by atoms with van der Waals surface area (Å²) in [7, 11) is 0. The molecule has 2 nitrogen and oxygen atoms in total. The molecule has 3 heteroatoms. The maximum absolute atomic E-state index is 11.8. The molecule has 11 heavy (non-hydrogen) atoms. The molecule has 3 N–H and O–H groups in total. The Balaban J connectivity index is 1.76. The van der Waals surface area contributed by atoms with Gasteiger partial charge in [-0.3, -0.25) is 15.7 Å². The molecule has 3 fully saturated rings. The van der Waals surface area contributed by atoms with Gasteiger partial charge in [-0.2, -0.15) is 0 Å². The number of hydrazine groups is 1. The van der Waals surface area contributed by atoms with Gasteiger partial charge < -0.3 is 0 Å². The molecule has 0 spiro atoms. The third-order valence-corrected chi connectivity index (χ3v) is 3.29. The summed E-state index contributed by atoms with van der Waals surface area (Å²) in [6, 6.07) is 0. The van der Waals surface area contributed by atoms with Gasteiger partial charge in [-0.1, -0.05) is 0 Å². The summed E-state index contributed by atoms with van der Waals surface area (Å²) in [6.07, 6.45) is 5.33. The van der Waals surface area contributed by atoms with Crippen molar-refractivity contribution in [1.29, 1.82) is 0 Å². The van der Waals surface area contributed by atoms with E-state index in [0.29, 0.717) is 5.41 Å². The molecule has 0 aromatic heterocycles. The molecular weight excluding hydrogens is 143 g/mol. The molecule has 3 rings (SSSR count). The van der Waals surface area contributed by atoms with Crippen LogP contribution in [-0.2, 0) is 0 Å². The molecule has 0 aromatic rings. The highest BCUT2D eigenvalue weighted by Crippen LogP contribution is 2.68. The Hall–Kier alpha value is -0.150. The van der Waals surface area contributed by atoms with Crippen molar-refractivity contribution in [3.8, 4) is 0 Å². The zero-order valence-electron chi connectivity index (χ0n) is 6.70. The Morgan fingerprint density at radius 1 is 1.36 bits per heavy atom. The average molecular weight is 158 g/mol. The first-order chi connectivity index (χ1) is 5.24. The van der Waals surface area contributed by atoms with Crippen molar-refractivity contribution in [3.05, 3.63) is 0 Å². The Morgan fingerprint density at radius 2 is 2.00 bits per heavy atom. The number of hydrogen-bond acceptors (Lipinski definition) is 2. The van der Waals surface area contributed by atoms with Gasteiger partial charge in [0, 0.05) is 5.54 Å². The second-order valence-corrected chi connectivity index (χ2v) is 4.25. The van der Waals surface area contributed by atoms with Gasteiger partial charge >= 0.3 is 0 Å². The maximum atomic E-state index is 11.8. The van der Waals surface area contributed by atoms with E-state index >= 15 is 0 Å². The second-order valence-electron chi connectivity index (χ2n) is 4.25. The molecule has 0 heterocycles. The molecule has 64 valence electrons. The Morgan fingerprint density at radius 3 is 2.45 bits per heavy atom. The Bertz CT molecular complexity index is 144. The van der Waals surface area contributed by atoms with Crippen LogP contribution in [0.5, 0.6) is 0 Å². The van der Waals surface area contributed by atoms with E-state index < -0.39 is 0 Å². The van der Waals surface area contributed by atoms with Gasteiger partial charge in [0.25, 0.3) is 0 Å². The van der Waals surface area contributed by atoms with E-state index in [9.17, 15) is 4.39 Å². The SMILES string of the molecule is NNC12CC(CCCF)(C1)C2. The summed E-state index contributed by atoms with van der Waals surface area (Å²) >= 11 is 0. The summed E-state index contributed by atoms with van der Waals surface area (Å²) in [5.74, 6) is 5.37. The first-order valence-corrected chi connectivity index (χ1v) is 4.28. The largest absolute Gasteiger partial charge is 0.271 e. The lowest BCUT2D eigenvalue weighted by Gasteiger charge is -2.70. The quantitative estimate of drug-likeness (QED) is 0.475. The fourth-order valence-corrected chi connectivity index (χ4v) is 2.86. The van der Waals surface area contributed by atoms with Crippen molar-refractivity contribution in [1.82, 2.24) is 5.43 Å². The lowest BCUT2D eigenvalue weighted by atomic mass is 9.38. The van der Waals surface area contributed by atoms with Gasteiger partial charge in [0.05, 0.1) is 6.67 Å². The predicted octanol–water partition coefficient (Wildman–Crippen LogP) is 1.12. The van der Waals surface area contributed by atoms with Gasteiger partial charge in [-0.05, 0) is 37.5 Å². The standard InChI is InChI=1S/C8H15FN2/c9-3-1-2-7-4-8(5-7,6-7)11-10/h11H,1-6,10H2. The highest BCUT2D eigenvalue weighted by Gasteiger charge is 2.66. The predicted molar refractivity (Wildman–Crippen MR) is 41.5 cm³/mol. The van der Waals surface area contributed by atoms with Crippen LogP contribution < -0.4 is 11.3 Å². The first kappa shape index (κ1) is 7.50. The van der Waals surface area contributed by atoms with Crippen LogP contribution in [0, 0.1) is 5.41 Å². The van der Waals surface area contributed by atoms with Crippen LogP contribution in [0.4, 0.5) is 4.39 Å². The minimum atomic E-state index is -0.162. The van der Waals surface area contributed by atoms with Gasteiger partial charge in [0.1, 0.15) is 0 Å². The third-order valence-electron chi connectivity index (χ3n) is 3.29. The van der Waals surface area contributed by atoms with Crippen molar-refractivity contribution in [2.75, 3.05) is 6.67 Å². The molecule has 0 amide bonds. The van der Waals surface area contributed by atoms with E-state index in [4.69, 9.17) is 5.84 Å². The van der Waals surface area contributed by atoms with Crippen molar-refractivity contribution in [2.45, 2.75) is 37.6 Å². The number of alkyl halides is 1. The zero-order chi connectivity index (χ0) is 7.95. The van der Waals surface area contributed by atoms with Crippen LogP contribution in [0.15, 0.2) is 0 Å². The Labute approximate surface area is 66.3 Å². The van der Waals surface area contributed by atoms with E-state index in [2.05, 4.69) is 5.43 Å². The summed E-state index contributed by atoms with van der Waals surface area (Å²) < 4.78 is 11.8. The van der Waals surface area contributed by atoms with Crippen LogP contribution in [-0.4, -0.2) is 12.2 Å². The van der Waals surface area contributed by atoms with E-state index in [1.54, 1.807) is 0 Å². The molecular formula is C8H15FN2. The van der Waals surface area contributed by atoms with Crippen molar-refractivity contribution in [3.63, 3.8) is 0 Å². The third kappa shape index (κ3) is 0.908. The van der Waals surface area contributed by atoms with Crippen LogP contribution >= 0.6 is 0 Å². The van der Waals surface area contributed by atoms with Gasteiger partial charge in [-0.15, -0.1) is 0 Å². The topological polar surface area (TPSA) is 38.0 Å². The molecule has 2 bridgehead atoms. The van der Waals surface area contributed by atoms with Crippen LogP contribution in [0.2, 0.25) is 0 Å². The van der Waals surface area contributed by atoms with Crippen molar-refractivity contribution in [2.24, 2.45) is 11.3 Å². The summed E-state index contributed by atoms with van der Waals surface area (Å²) in [6.45, 7) is -0.162. The van der Waals surface area contributed by atoms with Crippen molar-refractivity contribution >= 4 is 0 Å². The fraction of sp³-hybridized carbons (Fsp3) is 1.00. The summed E-state index contributed by atoms with van der Waals surface area (Å²) in [4.78, 5) is 0. The lowest BCUT2D eigenvalue weighted by Crippen LogP contribution is -2.75. The molecule has 0 saturated heterocycles. The second kappa shape index (κ2) is 2.17. The molecule has 0 aliphatic heterocycles. The van der Waals surface area contributed by atoms with E-state index in [-0.39, 0.29) is 12.2 Å². The molecule has 3 aliphatic carbocycles. The molecule has 0 aromatic carbocycles. The van der Waals surface area contributed by atoms with E-state index in [0.717, 1.165) is 12.8 Å². The van der Waals surface area contributed by atoms with Gasteiger partial charge in [0.15, 0.2) is 0 Å². The highest BCUT2D eigenvalue weighted by molar-refractivity contribution is 5.21. The average Bonchev–Trinajstić information content (AvgIpc) is 1.83. The fourth-order valence-electron chi connectivity index (χ4n) is 2.86. The molecule has 3 aliphatic rings. The zero-order valence-corrected chi connectivity index (χ0v) is 6.70. The number of rotatable bonds is 4. The molecule has 0 radical (unpaired) electrons. The Kier molecular flexibility index (Phi) is 1.48. The smallest absolute Gasteiger partial charge is 0.0894 e.